The molecule has 2 aromatic carbocycles. The number of nitriles is 1. The highest BCUT2D eigenvalue weighted by atomic mass is 16.2. The number of benzene rings is 2. The molecular formula is C22H22N6O2. The van der Waals surface area contributed by atoms with Crippen molar-refractivity contribution >= 4 is 40.3 Å². The highest BCUT2D eigenvalue weighted by Gasteiger charge is 2.29. The van der Waals surface area contributed by atoms with Crippen LogP contribution in [0, 0.1) is 11.3 Å². The molecule has 1 aliphatic rings. The number of fused-ring (bicyclic) bond motifs is 1. The molecule has 0 unspecified atom stereocenters. The topological polar surface area (TPSA) is 101 Å². The summed E-state index contributed by atoms with van der Waals surface area (Å²) >= 11 is 0. The minimum Gasteiger partial charge on any atom is -0.375 e. The number of hydrogen-bond acceptors (Lipinski definition) is 6. The smallest absolute Gasteiger partial charge is 0.258 e. The largest absolute Gasteiger partial charge is 0.375 e. The second-order valence-corrected chi connectivity index (χ2v) is 6.93. The van der Waals surface area contributed by atoms with Gasteiger partial charge in [0.1, 0.15) is 17.4 Å². The number of azo groups is 1. The molecule has 0 fully saturated rings. The summed E-state index contributed by atoms with van der Waals surface area (Å²) in [5.74, 6) is -0.438. The first kappa shape index (κ1) is 20.7. The number of nitrogens with zero attached hydrogens (tertiary/aromatic N) is 5. The number of carbonyl (C=O) groups is 2. The summed E-state index contributed by atoms with van der Waals surface area (Å²) in [5.41, 5.74) is 4.01. The Morgan fingerprint density at radius 3 is 2.57 bits per heavy atom. The van der Waals surface area contributed by atoms with E-state index in [1.54, 1.807) is 25.2 Å². The standard InChI is InChI=1S/C22H22N6O2/c1-6-27(4)16-7-8-19(21(10-16)24-14(3)29)25-26-20-11-18-17(9-15(20)12-23)13(2)28(5)22(18)30/h7-11H,2,6H2,1,3-5H3,(H,24,29). The molecule has 1 N–H and O–H groups in total. The first-order valence-corrected chi connectivity index (χ1v) is 9.36. The zero-order valence-corrected chi connectivity index (χ0v) is 17.4. The van der Waals surface area contributed by atoms with Crippen molar-refractivity contribution in [2.75, 3.05) is 30.9 Å². The number of carbonyl (C=O) groups excluding carboxylic acids is 2. The van der Waals surface area contributed by atoms with Gasteiger partial charge in [-0.25, -0.2) is 0 Å². The first-order chi connectivity index (χ1) is 14.3. The maximum absolute atomic E-state index is 12.4. The molecule has 30 heavy (non-hydrogen) atoms. The van der Waals surface area contributed by atoms with Crippen LogP contribution in [-0.4, -0.2) is 37.4 Å². The molecule has 0 saturated heterocycles. The van der Waals surface area contributed by atoms with E-state index in [1.807, 2.05) is 31.0 Å². The van der Waals surface area contributed by atoms with Crippen LogP contribution in [0.1, 0.15) is 35.3 Å². The van der Waals surface area contributed by atoms with E-state index < -0.39 is 0 Å². The number of hydrogen-bond donors (Lipinski definition) is 1. The highest BCUT2D eigenvalue weighted by molar-refractivity contribution is 6.09. The molecule has 0 bridgehead atoms. The second kappa shape index (κ2) is 8.17. The average molecular weight is 402 g/mol. The van der Waals surface area contributed by atoms with Crippen molar-refractivity contribution in [3.05, 3.63) is 53.6 Å². The maximum Gasteiger partial charge on any atom is 0.258 e. The lowest BCUT2D eigenvalue weighted by atomic mass is 10.0. The van der Waals surface area contributed by atoms with Crippen molar-refractivity contribution < 1.29 is 9.59 Å². The fourth-order valence-electron chi connectivity index (χ4n) is 3.09. The minimum absolute atomic E-state index is 0.207. The second-order valence-electron chi connectivity index (χ2n) is 6.93. The van der Waals surface area contributed by atoms with Crippen LogP contribution in [-0.2, 0) is 4.79 Å². The summed E-state index contributed by atoms with van der Waals surface area (Å²) in [6.45, 7) is 8.13. The molecule has 0 saturated carbocycles. The number of nitrogens with one attached hydrogen (secondary N) is 1. The Bertz CT molecular complexity index is 1130. The number of anilines is 2. The molecule has 1 aliphatic heterocycles. The van der Waals surface area contributed by atoms with Crippen LogP contribution in [0.15, 0.2) is 47.1 Å². The molecule has 8 nitrogen and oxygen atoms in total. The molecule has 1 heterocycles. The molecular weight excluding hydrogens is 380 g/mol. The lowest BCUT2D eigenvalue weighted by Crippen LogP contribution is -2.16. The van der Waals surface area contributed by atoms with E-state index in [0.717, 1.165) is 12.2 Å². The van der Waals surface area contributed by atoms with Gasteiger partial charge in [0, 0.05) is 44.5 Å². The van der Waals surface area contributed by atoms with Gasteiger partial charge in [0.25, 0.3) is 5.91 Å². The molecule has 0 radical (unpaired) electrons. The van der Waals surface area contributed by atoms with Crippen molar-refractivity contribution in [1.82, 2.24) is 4.90 Å². The summed E-state index contributed by atoms with van der Waals surface area (Å²) in [6, 6.07) is 10.7. The fourth-order valence-corrected chi connectivity index (χ4v) is 3.09. The minimum atomic E-state index is -0.231. The highest BCUT2D eigenvalue weighted by Crippen LogP contribution is 2.36. The van der Waals surface area contributed by atoms with Gasteiger partial charge in [-0.1, -0.05) is 6.58 Å². The molecule has 3 rings (SSSR count). The average Bonchev–Trinajstić information content (AvgIpc) is 2.94. The summed E-state index contributed by atoms with van der Waals surface area (Å²) in [4.78, 5) is 27.5. The predicted molar refractivity (Wildman–Crippen MR) is 116 cm³/mol. The molecule has 0 aliphatic carbocycles. The molecule has 0 aromatic heterocycles. The Morgan fingerprint density at radius 1 is 1.23 bits per heavy atom. The van der Waals surface area contributed by atoms with Gasteiger partial charge in [0.05, 0.1) is 16.8 Å². The molecule has 152 valence electrons. The zero-order chi connectivity index (χ0) is 22.0. The molecule has 0 spiro atoms. The van der Waals surface area contributed by atoms with E-state index in [0.29, 0.717) is 28.2 Å². The Balaban J connectivity index is 2.04. The van der Waals surface area contributed by atoms with Gasteiger partial charge in [-0.05, 0) is 37.3 Å². The van der Waals surface area contributed by atoms with E-state index in [2.05, 4.69) is 28.2 Å². The summed E-state index contributed by atoms with van der Waals surface area (Å²) in [6.07, 6.45) is 0. The Morgan fingerprint density at radius 2 is 1.93 bits per heavy atom. The zero-order valence-electron chi connectivity index (χ0n) is 17.4. The Hall–Kier alpha value is -3.99. The summed E-state index contributed by atoms with van der Waals surface area (Å²) in [5, 5.41) is 20.7. The van der Waals surface area contributed by atoms with E-state index >= 15 is 0 Å². The van der Waals surface area contributed by atoms with Crippen LogP contribution in [0.3, 0.4) is 0 Å². The predicted octanol–water partition coefficient (Wildman–Crippen LogP) is 4.44. The third-order valence-corrected chi connectivity index (χ3v) is 4.98. The van der Waals surface area contributed by atoms with Gasteiger partial charge in [0.2, 0.25) is 5.91 Å². The quantitative estimate of drug-likeness (QED) is 0.747. The van der Waals surface area contributed by atoms with Crippen LogP contribution in [0.2, 0.25) is 0 Å². The van der Waals surface area contributed by atoms with E-state index in [9.17, 15) is 14.9 Å². The lowest BCUT2D eigenvalue weighted by molar-refractivity contribution is -0.114. The van der Waals surface area contributed by atoms with Crippen molar-refractivity contribution in [2.45, 2.75) is 13.8 Å². The van der Waals surface area contributed by atoms with Gasteiger partial charge < -0.3 is 15.1 Å². The van der Waals surface area contributed by atoms with Crippen molar-refractivity contribution in [3.63, 3.8) is 0 Å². The van der Waals surface area contributed by atoms with Gasteiger partial charge in [-0.2, -0.15) is 5.26 Å². The SMILES string of the molecule is C=C1c2cc(C#N)c(N=Nc3ccc(N(C)CC)cc3NC(C)=O)cc2C(=O)N1C. The molecule has 2 aromatic rings. The van der Waals surface area contributed by atoms with Crippen molar-refractivity contribution in [2.24, 2.45) is 10.2 Å². The van der Waals surface area contributed by atoms with E-state index in [1.165, 1.54) is 11.8 Å². The van der Waals surface area contributed by atoms with E-state index in [4.69, 9.17) is 0 Å². The van der Waals surface area contributed by atoms with Gasteiger partial charge in [0.15, 0.2) is 0 Å². The molecule has 0 atom stereocenters. The van der Waals surface area contributed by atoms with Crippen LogP contribution in [0.4, 0.5) is 22.7 Å². The Labute approximate surface area is 175 Å². The number of rotatable bonds is 5. The van der Waals surface area contributed by atoms with Crippen LogP contribution in [0.25, 0.3) is 5.70 Å². The van der Waals surface area contributed by atoms with Crippen LogP contribution < -0.4 is 10.2 Å². The molecule has 2 amide bonds. The normalized spacial score (nSPS) is 12.8. The Kier molecular flexibility index (Phi) is 5.65. The van der Waals surface area contributed by atoms with Crippen LogP contribution in [0.5, 0.6) is 0 Å². The van der Waals surface area contributed by atoms with Crippen molar-refractivity contribution in [1.29, 1.82) is 5.26 Å². The van der Waals surface area contributed by atoms with Crippen LogP contribution >= 0.6 is 0 Å². The summed E-state index contributed by atoms with van der Waals surface area (Å²) in [7, 11) is 3.58. The van der Waals surface area contributed by atoms with Gasteiger partial charge in [-0.3, -0.25) is 9.59 Å². The first-order valence-electron chi connectivity index (χ1n) is 9.36. The van der Waals surface area contributed by atoms with E-state index in [-0.39, 0.29) is 23.1 Å². The monoisotopic (exact) mass is 402 g/mol. The van der Waals surface area contributed by atoms with Gasteiger partial charge >= 0.3 is 0 Å². The number of amides is 2. The van der Waals surface area contributed by atoms with Gasteiger partial charge in [-0.15, -0.1) is 10.2 Å². The summed E-state index contributed by atoms with van der Waals surface area (Å²) < 4.78 is 0. The third-order valence-electron chi connectivity index (χ3n) is 4.98. The third kappa shape index (κ3) is 3.78. The fraction of sp³-hybridized carbons (Fsp3) is 0.227. The van der Waals surface area contributed by atoms with Crippen molar-refractivity contribution in [3.8, 4) is 6.07 Å². The molecule has 8 heteroatoms. The lowest BCUT2D eigenvalue weighted by Gasteiger charge is -2.18. The maximum atomic E-state index is 12.4.